The van der Waals surface area contributed by atoms with E-state index in [-0.39, 0.29) is 5.97 Å². The van der Waals surface area contributed by atoms with Gasteiger partial charge in [-0.1, -0.05) is 0 Å². The first kappa shape index (κ1) is 14.3. The molecule has 1 aromatic heterocycles. The highest BCUT2D eigenvalue weighted by Gasteiger charge is 2.21. The maximum absolute atomic E-state index is 11.9. The second kappa shape index (κ2) is 6.86. The molecule has 0 aliphatic carbocycles. The van der Waals surface area contributed by atoms with Crippen molar-refractivity contribution in [3.63, 3.8) is 0 Å². The Morgan fingerprint density at radius 2 is 2.26 bits per heavy atom. The van der Waals surface area contributed by atoms with Crippen molar-refractivity contribution in [1.82, 2.24) is 4.37 Å². The lowest BCUT2D eigenvalue weighted by atomic mass is 10.0. The standard InChI is InChI=1S/C13H20N2O3S/c1-3-18-13(16)11-9(2)15-19-12(11)14-8-10-4-6-17-7-5-10/h10,14H,3-8H2,1-2H3. The molecule has 5 nitrogen and oxygen atoms in total. The van der Waals surface area contributed by atoms with Crippen molar-refractivity contribution in [3.8, 4) is 0 Å². The zero-order valence-corrected chi connectivity index (χ0v) is 12.2. The molecule has 1 saturated heterocycles. The van der Waals surface area contributed by atoms with E-state index >= 15 is 0 Å². The Bertz CT molecular complexity index is 428. The molecule has 0 unspecified atom stereocenters. The SMILES string of the molecule is CCOC(=O)c1c(C)nsc1NCC1CCOCC1. The van der Waals surface area contributed by atoms with E-state index in [9.17, 15) is 4.79 Å². The van der Waals surface area contributed by atoms with Gasteiger partial charge in [0.25, 0.3) is 0 Å². The fourth-order valence-electron chi connectivity index (χ4n) is 2.12. The number of aromatic nitrogens is 1. The molecule has 1 aromatic rings. The first-order valence-corrected chi connectivity index (χ1v) is 7.44. The lowest BCUT2D eigenvalue weighted by Gasteiger charge is -2.22. The second-order valence-corrected chi connectivity index (χ2v) is 5.40. The summed E-state index contributed by atoms with van der Waals surface area (Å²) >= 11 is 1.33. The van der Waals surface area contributed by atoms with Crippen molar-refractivity contribution in [1.29, 1.82) is 0 Å². The van der Waals surface area contributed by atoms with Crippen LogP contribution in [0.15, 0.2) is 0 Å². The molecule has 1 aliphatic rings. The van der Waals surface area contributed by atoms with Gasteiger partial charge < -0.3 is 14.8 Å². The van der Waals surface area contributed by atoms with Crippen molar-refractivity contribution in [2.75, 3.05) is 31.7 Å². The Morgan fingerprint density at radius 3 is 2.95 bits per heavy atom. The monoisotopic (exact) mass is 284 g/mol. The van der Waals surface area contributed by atoms with Gasteiger partial charge in [0.2, 0.25) is 0 Å². The molecular formula is C13H20N2O3S. The van der Waals surface area contributed by atoms with Gasteiger partial charge in [0, 0.05) is 19.8 Å². The van der Waals surface area contributed by atoms with Crippen molar-refractivity contribution >= 4 is 22.5 Å². The first-order valence-electron chi connectivity index (χ1n) is 6.67. The van der Waals surface area contributed by atoms with Crippen LogP contribution in [0.1, 0.15) is 35.8 Å². The number of rotatable bonds is 5. The number of nitrogens with zero attached hydrogens (tertiary/aromatic N) is 1. The van der Waals surface area contributed by atoms with Crippen LogP contribution in [-0.2, 0) is 9.47 Å². The Kier molecular flexibility index (Phi) is 5.15. The van der Waals surface area contributed by atoms with Crippen LogP contribution in [0.25, 0.3) is 0 Å². The summed E-state index contributed by atoms with van der Waals surface area (Å²) in [5.74, 6) is 0.314. The average Bonchev–Trinajstić information content (AvgIpc) is 2.79. The van der Waals surface area contributed by atoms with Crippen molar-refractivity contribution < 1.29 is 14.3 Å². The lowest BCUT2D eigenvalue weighted by molar-refractivity contribution is 0.0526. The molecule has 0 aromatic carbocycles. The summed E-state index contributed by atoms with van der Waals surface area (Å²) < 4.78 is 14.6. The quantitative estimate of drug-likeness (QED) is 0.842. The van der Waals surface area contributed by atoms with E-state index < -0.39 is 0 Å². The third-order valence-corrected chi connectivity index (χ3v) is 4.13. The van der Waals surface area contributed by atoms with E-state index in [1.54, 1.807) is 0 Å². The predicted octanol–water partition coefficient (Wildman–Crippen LogP) is 2.47. The summed E-state index contributed by atoms with van der Waals surface area (Å²) in [5.41, 5.74) is 1.32. The summed E-state index contributed by atoms with van der Waals surface area (Å²) in [6.45, 7) is 6.55. The minimum absolute atomic E-state index is 0.289. The van der Waals surface area contributed by atoms with E-state index in [0.717, 1.165) is 43.3 Å². The zero-order chi connectivity index (χ0) is 13.7. The summed E-state index contributed by atoms with van der Waals surface area (Å²) in [5, 5.41) is 4.16. The van der Waals surface area contributed by atoms with E-state index in [1.165, 1.54) is 11.5 Å². The molecule has 1 fully saturated rings. The molecular weight excluding hydrogens is 264 g/mol. The van der Waals surface area contributed by atoms with E-state index in [0.29, 0.717) is 18.1 Å². The number of ether oxygens (including phenoxy) is 2. The smallest absolute Gasteiger partial charge is 0.343 e. The maximum Gasteiger partial charge on any atom is 0.343 e. The van der Waals surface area contributed by atoms with Gasteiger partial charge in [0.1, 0.15) is 10.6 Å². The van der Waals surface area contributed by atoms with Gasteiger partial charge in [-0.2, -0.15) is 4.37 Å². The molecule has 2 rings (SSSR count). The molecule has 0 atom stereocenters. The average molecular weight is 284 g/mol. The molecule has 2 heterocycles. The van der Waals surface area contributed by atoms with E-state index in [1.807, 2.05) is 13.8 Å². The molecule has 0 saturated carbocycles. The first-order chi connectivity index (χ1) is 9.22. The minimum Gasteiger partial charge on any atom is -0.462 e. The summed E-state index contributed by atoms with van der Waals surface area (Å²) in [4.78, 5) is 11.9. The van der Waals surface area contributed by atoms with Crippen molar-refractivity contribution in [2.24, 2.45) is 5.92 Å². The maximum atomic E-state index is 11.9. The number of hydrogen-bond donors (Lipinski definition) is 1. The molecule has 0 bridgehead atoms. The molecule has 0 amide bonds. The van der Waals surface area contributed by atoms with Crippen LogP contribution in [0.3, 0.4) is 0 Å². The van der Waals surface area contributed by atoms with Crippen LogP contribution in [-0.4, -0.2) is 36.7 Å². The van der Waals surface area contributed by atoms with Crippen LogP contribution in [0.4, 0.5) is 5.00 Å². The van der Waals surface area contributed by atoms with Gasteiger partial charge in [-0.15, -0.1) is 0 Å². The molecule has 0 spiro atoms. The molecule has 1 N–H and O–H groups in total. The normalized spacial score (nSPS) is 16.3. The molecule has 0 radical (unpaired) electrons. The highest BCUT2D eigenvalue weighted by Crippen LogP contribution is 2.26. The number of nitrogens with one attached hydrogen (secondary N) is 1. The van der Waals surface area contributed by atoms with E-state index in [4.69, 9.17) is 9.47 Å². The minimum atomic E-state index is -0.289. The molecule has 106 valence electrons. The summed E-state index contributed by atoms with van der Waals surface area (Å²) in [7, 11) is 0. The number of carbonyl (C=O) groups is 1. The number of carbonyl (C=O) groups excluding carboxylic acids is 1. The van der Waals surface area contributed by atoms with Gasteiger partial charge in [0.15, 0.2) is 0 Å². The fraction of sp³-hybridized carbons (Fsp3) is 0.692. The Morgan fingerprint density at radius 1 is 1.53 bits per heavy atom. The largest absolute Gasteiger partial charge is 0.462 e. The molecule has 19 heavy (non-hydrogen) atoms. The number of aryl methyl sites for hydroxylation is 1. The van der Waals surface area contributed by atoms with Crippen molar-refractivity contribution in [2.45, 2.75) is 26.7 Å². The van der Waals surface area contributed by atoms with Crippen LogP contribution >= 0.6 is 11.5 Å². The number of esters is 1. The fourth-order valence-corrected chi connectivity index (χ4v) is 2.91. The third-order valence-electron chi connectivity index (χ3n) is 3.23. The van der Waals surface area contributed by atoms with Crippen LogP contribution in [0.2, 0.25) is 0 Å². The molecule has 6 heteroatoms. The second-order valence-electron chi connectivity index (χ2n) is 4.63. The van der Waals surface area contributed by atoms with Gasteiger partial charge in [-0.3, -0.25) is 0 Å². The van der Waals surface area contributed by atoms with Crippen LogP contribution < -0.4 is 5.32 Å². The van der Waals surface area contributed by atoms with E-state index in [2.05, 4.69) is 9.69 Å². The predicted molar refractivity (Wildman–Crippen MR) is 74.8 cm³/mol. The Labute approximate surface area is 117 Å². The lowest BCUT2D eigenvalue weighted by Crippen LogP contribution is -2.23. The molecule has 1 aliphatic heterocycles. The Hall–Kier alpha value is -1.14. The summed E-state index contributed by atoms with van der Waals surface area (Å²) in [6.07, 6.45) is 2.14. The topological polar surface area (TPSA) is 60.5 Å². The number of anilines is 1. The summed E-state index contributed by atoms with van der Waals surface area (Å²) in [6, 6.07) is 0. The van der Waals surface area contributed by atoms with Gasteiger partial charge >= 0.3 is 5.97 Å². The van der Waals surface area contributed by atoms with Gasteiger partial charge in [-0.05, 0) is 44.1 Å². The highest BCUT2D eigenvalue weighted by molar-refractivity contribution is 7.10. The number of hydrogen-bond acceptors (Lipinski definition) is 6. The van der Waals surface area contributed by atoms with Crippen LogP contribution in [0, 0.1) is 12.8 Å². The van der Waals surface area contributed by atoms with Crippen LogP contribution in [0.5, 0.6) is 0 Å². The van der Waals surface area contributed by atoms with Gasteiger partial charge in [-0.25, -0.2) is 4.79 Å². The highest BCUT2D eigenvalue weighted by atomic mass is 32.1. The zero-order valence-electron chi connectivity index (χ0n) is 11.4. The van der Waals surface area contributed by atoms with Gasteiger partial charge in [0.05, 0.1) is 12.3 Å². The van der Waals surface area contributed by atoms with Crippen molar-refractivity contribution in [3.05, 3.63) is 11.3 Å². The third kappa shape index (κ3) is 3.67. The Balaban J connectivity index is 1.97.